The number of hydrogen-bond acceptors (Lipinski definition) is 4. The second-order valence-electron chi connectivity index (χ2n) is 6.96. The first-order valence-electron chi connectivity index (χ1n) is 9.43. The van der Waals surface area contributed by atoms with Gasteiger partial charge in [0.05, 0.1) is 5.52 Å². The fourth-order valence-electron chi connectivity index (χ4n) is 2.99. The molecule has 7 heteroatoms. The number of nitrogens with zero attached hydrogens (tertiary/aromatic N) is 1. The summed E-state index contributed by atoms with van der Waals surface area (Å²) in [5.41, 5.74) is 2.44. The Balaban J connectivity index is 1.37. The zero-order valence-corrected chi connectivity index (χ0v) is 15.6. The van der Waals surface area contributed by atoms with Gasteiger partial charge < -0.3 is 16.0 Å². The number of nitrogens with one attached hydrogen (secondary N) is 3. The van der Waals surface area contributed by atoms with E-state index < -0.39 is 11.8 Å². The van der Waals surface area contributed by atoms with Crippen molar-refractivity contribution in [3.63, 3.8) is 0 Å². The molecule has 1 aliphatic rings. The Hall–Kier alpha value is -3.74. The summed E-state index contributed by atoms with van der Waals surface area (Å²) in [5, 5.41) is 9.00. The molecule has 1 aromatic heterocycles. The molecule has 4 rings (SSSR count). The number of para-hydroxylation sites is 1. The number of amides is 3. The molecule has 1 heterocycles. The lowest BCUT2D eigenvalue weighted by molar-refractivity contribution is -0.136. The highest BCUT2D eigenvalue weighted by molar-refractivity contribution is 6.39. The van der Waals surface area contributed by atoms with Crippen LogP contribution < -0.4 is 16.0 Å². The van der Waals surface area contributed by atoms with E-state index in [4.69, 9.17) is 0 Å². The van der Waals surface area contributed by atoms with Gasteiger partial charge in [-0.25, -0.2) is 0 Å². The molecule has 0 unspecified atom stereocenters. The molecule has 1 saturated carbocycles. The van der Waals surface area contributed by atoms with Crippen LogP contribution in [0.25, 0.3) is 10.9 Å². The van der Waals surface area contributed by atoms with E-state index in [1.165, 1.54) is 0 Å². The summed E-state index contributed by atoms with van der Waals surface area (Å²) in [7, 11) is 0. The maximum absolute atomic E-state index is 12.2. The van der Waals surface area contributed by atoms with Crippen LogP contribution in [0.3, 0.4) is 0 Å². The molecule has 0 bridgehead atoms. The average Bonchev–Trinajstić information content (AvgIpc) is 3.56. The Morgan fingerprint density at radius 1 is 0.966 bits per heavy atom. The molecule has 3 N–H and O–H groups in total. The van der Waals surface area contributed by atoms with E-state index in [1.807, 2.05) is 30.3 Å². The largest absolute Gasteiger partial charge is 0.349 e. The molecule has 3 aromatic rings. The van der Waals surface area contributed by atoms with Gasteiger partial charge in [0.15, 0.2) is 0 Å². The summed E-state index contributed by atoms with van der Waals surface area (Å²) in [6.07, 6.45) is 3.68. The Morgan fingerprint density at radius 3 is 2.59 bits per heavy atom. The topological polar surface area (TPSA) is 100 Å². The zero-order chi connectivity index (χ0) is 20.2. The van der Waals surface area contributed by atoms with Crippen molar-refractivity contribution < 1.29 is 14.4 Å². The minimum atomic E-state index is -0.794. The SMILES string of the molecule is O=C(NCc1cccc2cccnc12)C(=O)Nc1cccc(C(=O)NC2CC2)c1. The lowest BCUT2D eigenvalue weighted by atomic mass is 10.1. The first-order valence-corrected chi connectivity index (χ1v) is 9.43. The van der Waals surface area contributed by atoms with Gasteiger partial charge >= 0.3 is 11.8 Å². The van der Waals surface area contributed by atoms with Crippen LogP contribution in [0.4, 0.5) is 5.69 Å². The number of aromatic nitrogens is 1. The van der Waals surface area contributed by atoms with Crippen LogP contribution in [-0.2, 0) is 16.1 Å². The smallest absolute Gasteiger partial charge is 0.313 e. The number of carbonyl (C=O) groups is 3. The van der Waals surface area contributed by atoms with E-state index in [1.54, 1.807) is 30.5 Å². The molecule has 1 fully saturated rings. The number of anilines is 1. The molecule has 29 heavy (non-hydrogen) atoms. The third-order valence-corrected chi connectivity index (χ3v) is 4.66. The third kappa shape index (κ3) is 4.57. The summed E-state index contributed by atoms with van der Waals surface area (Å²) in [6, 6.07) is 16.2. The number of hydrogen-bond donors (Lipinski definition) is 3. The van der Waals surface area contributed by atoms with Gasteiger partial charge in [-0.2, -0.15) is 0 Å². The lowest BCUT2D eigenvalue weighted by Gasteiger charge is -2.09. The van der Waals surface area contributed by atoms with Gasteiger partial charge in [-0.3, -0.25) is 19.4 Å². The molecular formula is C22H20N4O3. The molecular weight excluding hydrogens is 368 g/mol. The van der Waals surface area contributed by atoms with E-state index in [0.717, 1.165) is 29.3 Å². The van der Waals surface area contributed by atoms with Crippen LogP contribution in [0.15, 0.2) is 60.8 Å². The predicted molar refractivity (Wildman–Crippen MR) is 109 cm³/mol. The number of rotatable bonds is 5. The number of pyridine rings is 1. The number of carbonyl (C=O) groups excluding carboxylic acids is 3. The first-order chi connectivity index (χ1) is 14.1. The minimum absolute atomic E-state index is 0.184. The van der Waals surface area contributed by atoms with Crippen molar-refractivity contribution in [3.8, 4) is 0 Å². The Labute approximate surface area is 167 Å². The van der Waals surface area contributed by atoms with Crippen LogP contribution in [0.1, 0.15) is 28.8 Å². The summed E-state index contributed by atoms with van der Waals surface area (Å²) >= 11 is 0. The van der Waals surface area contributed by atoms with E-state index in [9.17, 15) is 14.4 Å². The van der Waals surface area contributed by atoms with Gasteiger partial charge in [0.1, 0.15) is 0 Å². The van der Waals surface area contributed by atoms with Gasteiger partial charge in [-0.15, -0.1) is 0 Å². The second-order valence-corrected chi connectivity index (χ2v) is 6.96. The Bertz CT molecular complexity index is 1090. The summed E-state index contributed by atoms with van der Waals surface area (Å²) in [5.74, 6) is -1.74. The van der Waals surface area contributed by atoms with E-state index in [0.29, 0.717) is 11.3 Å². The molecule has 0 radical (unpaired) electrons. The minimum Gasteiger partial charge on any atom is -0.349 e. The van der Waals surface area contributed by atoms with Crippen molar-refractivity contribution in [2.75, 3.05) is 5.32 Å². The van der Waals surface area contributed by atoms with E-state index >= 15 is 0 Å². The van der Waals surface area contributed by atoms with Crippen LogP contribution in [-0.4, -0.2) is 28.7 Å². The standard InChI is InChI=1S/C22H20N4O3/c27-20(25-17-9-10-17)15-5-2-8-18(12-15)26-22(29)21(28)24-13-16-6-1-4-14-7-3-11-23-19(14)16/h1-8,11-12,17H,9-10,13H2,(H,24,28)(H,25,27)(H,26,29). The van der Waals surface area contributed by atoms with Crippen molar-refractivity contribution in [1.82, 2.24) is 15.6 Å². The van der Waals surface area contributed by atoms with Crippen LogP contribution in [0.2, 0.25) is 0 Å². The van der Waals surface area contributed by atoms with Crippen molar-refractivity contribution in [3.05, 3.63) is 71.9 Å². The van der Waals surface area contributed by atoms with Crippen LogP contribution in [0, 0.1) is 0 Å². The molecule has 0 saturated heterocycles. The van der Waals surface area contributed by atoms with Gasteiger partial charge in [0.25, 0.3) is 5.91 Å². The van der Waals surface area contributed by atoms with Crippen LogP contribution in [0.5, 0.6) is 0 Å². The third-order valence-electron chi connectivity index (χ3n) is 4.66. The van der Waals surface area contributed by atoms with Crippen molar-refractivity contribution >= 4 is 34.3 Å². The molecule has 3 amide bonds. The van der Waals surface area contributed by atoms with Crippen LogP contribution >= 0.6 is 0 Å². The van der Waals surface area contributed by atoms with Gasteiger partial charge in [0.2, 0.25) is 0 Å². The molecule has 2 aromatic carbocycles. The maximum atomic E-state index is 12.2. The second kappa shape index (κ2) is 8.10. The fourth-order valence-corrected chi connectivity index (χ4v) is 2.99. The Morgan fingerprint density at radius 2 is 1.76 bits per heavy atom. The summed E-state index contributed by atoms with van der Waals surface area (Å²) in [6.45, 7) is 0.185. The normalized spacial score (nSPS) is 13.0. The van der Waals surface area contributed by atoms with Crippen molar-refractivity contribution in [2.24, 2.45) is 0 Å². The maximum Gasteiger partial charge on any atom is 0.313 e. The van der Waals surface area contributed by atoms with E-state index in [2.05, 4.69) is 20.9 Å². The molecule has 1 aliphatic carbocycles. The zero-order valence-electron chi connectivity index (χ0n) is 15.6. The summed E-state index contributed by atoms with van der Waals surface area (Å²) < 4.78 is 0. The molecule has 7 nitrogen and oxygen atoms in total. The highest BCUT2D eigenvalue weighted by Crippen LogP contribution is 2.20. The highest BCUT2D eigenvalue weighted by Gasteiger charge is 2.24. The fraction of sp³-hybridized carbons (Fsp3) is 0.182. The molecule has 0 aliphatic heterocycles. The highest BCUT2D eigenvalue weighted by atomic mass is 16.2. The molecule has 0 spiro atoms. The number of benzene rings is 2. The quantitative estimate of drug-likeness (QED) is 0.584. The first kappa shape index (κ1) is 18.6. The van der Waals surface area contributed by atoms with E-state index in [-0.39, 0.29) is 18.5 Å². The number of fused-ring (bicyclic) bond motifs is 1. The van der Waals surface area contributed by atoms with Crippen molar-refractivity contribution in [1.29, 1.82) is 0 Å². The molecule has 0 atom stereocenters. The van der Waals surface area contributed by atoms with Crippen molar-refractivity contribution in [2.45, 2.75) is 25.4 Å². The molecule has 146 valence electrons. The van der Waals surface area contributed by atoms with Gasteiger partial charge in [-0.05, 0) is 42.7 Å². The average molecular weight is 388 g/mol. The monoisotopic (exact) mass is 388 g/mol. The van der Waals surface area contributed by atoms with Gasteiger partial charge in [-0.1, -0.05) is 30.3 Å². The summed E-state index contributed by atoms with van der Waals surface area (Å²) in [4.78, 5) is 40.9. The Kier molecular flexibility index (Phi) is 5.20. The lowest BCUT2D eigenvalue weighted by Crippen LogP contribution is -2.35. The predicted octanol–water partition coefficient (Wildman–Crippen LogP) is 2.38. The van der Waals surface area contributed by atoms with Gasteiger partial charge in [0, 0.05) is 35.4 Å².